The lowest BCUT2D eigenvalue weighted by atomic mass is 9.95. The zero-order valence-electron chi connectivity index (χ0n) is 23.3. The maximum absolute atomic E-state index is 2.35. The minimum Gasteiger partial charge on any atom is -0.0654 e. The van der Waals surface area contributed by atoms with Crippen molar-refractivity contribution in [3.63, 3.8) is 0 Å². The lowest BCUT2D eigenvalue weighted by Gasteiger charge is -2.09. The highest BCUT2D eigenvalue weighted by Crippen LogP contribution is 2.31. The topological polar surface area (TPSA) is 0 Å². The van der Waals surface area contributed by atoms with Gasteiger partial charge in [-0.1, -0.05) is 125 Å². The molecule has 0 saturated carbocycles. The van der Waals surface area contributed by atoms with E-state index in [0.29, 0.717) is 0 Å². The van der Waals surface area contributed by atoms with Crippen LogP contribution in [0.3, 0.4) is 0 Å². The van der Waals surface area contributed by atoms with E-state index in [-0.39, 0.29) is 0 Å². The van der Waals surface area contributed by atoms with E-state index in [9.17, 15) is 0 Å². The molecule has 0 unspecified atom stereocenters. The number of fused-ring (bicyclic) bond motifs is 2. The highest BCUT2D eigenvalue weighted by Gasteiger charge is 2.05. The molecule has 5 rings (SSSR count). The van der Waals surface area contributed by atoms with Crippen LogP contribution < -0.4 is 0 Å². The van der Waals surface area contributed by atoms with Gasteiger partial charge in [0.05, 0.1) is 0 Å². The summed E-state index contributed by atoms with van der Waals surface area (Å²) < 4.78 is 0. The summed E-state index contributed by atoms with van der Waals surface area (Å²) in [4.78, 5) is 0. The molecule has 5 aromatic rings. The van der Waals surface area contributed by atoms with Gasteiger partial charge < -0.3 is 0 Å². The van der Waals surface area contributed by atoms with Crippen molar-refractivity contribution < 1.29 is 0 Å². The van der Waals surface area contributed by atoms with E-state index >= 15 is 0 Å². The molecule has 38 heavy (non-hydrogen) atoms. The summed E-state index contributed by atoms with van der Waals surface area (Å²) in [5.74, 6) is 0. The van der Waals surface area contributed by atoms with Crippen molar-refractivity contribution in [3.8, 4) is 22.3 Å². The van der Waals surface area contributed by atoms with E-state index < -0.39 is 0 Å². The molecule has 0 nitrogen and oxygen atoms in total. The van der Waals surface area contributed by atoms with E-state index in [2.05, 4.69) is 111 Å². The van der Waals surface area contributed by atoms with Crippen LogP contribution in [0.15, 0.2) is 97.1 Å². The fourth-order valence-corrected chi connectivity index (χ4v) is 5.60. The van der Waals surface area contributed by atoms with Crippen LogP contribution in [0.25, 0.3) is 43.8 Å². The van der Waals surface area contributed by atoms with Crippen LogP contribution in [0.4, 0.5) is 0 Å². The Morgan fingerprint density at radius 3 is 1.13 bits per heavy atom. The average Bonchev–Trinajstić information content (AvgIpc) is 2.96. The van der Waals surface area contributed by atoms with Crippen LogP contribution in [0.2, 0.25) is 0 Å². The van der Waals surface area contributed by atoms with E-state index in [1.165, 1.54) is 119 Å². The average molecular weight is 499 g/mol. The van der Waals surface area contributed by atoms with Crippen LogP contribution >= 0.6 is 0 Å². The van der Waals surface area contributed by atoms with E-state index in [4.69, 9.17) is 0 Å². The molecule has 0 atom stereocenters. The Kier molecular flexibility index (Phi) is 8.92. The second kappa shape index (κ2) is 12.9. The molecule has 0 N–H and O–H groups in total. The van der Waals surface area contributed by atoms with Gasteiger partial charge in [0.2, 0.25) is 0 Å². The number of hydrogen-bond donors (Lipinski definition) is 0. The molecule has 0 aliphatic rings. The maximum atomic E-state index is 2.35. The van der Waals surface area contributed by atoms with E-state index in [0.717, 1.165) is 0 Å². The Labute approximate surface area is 229 Å². The first-order chi connectivity index (χ1) is 18.7. The monoisotopic (exact) mass is 498 g/mol. The van der Waals surface area contributed by atoms with Gasteiger partial charge in [0.1, 0.15) is 0 Å². The van der Waals surface area contributed by atoms with Gasteiger partial charge >= 0.3 is 0 Å². The first kappa shape index (κ1) is 26.2. The third-order valence-corrected chi connectivity index (χ3v) is 8.01. The highest BCUT2D eigenvalue weighted by atomic mass is 14.1. The molecular weight excluding hydrogens is 456 g/mol. The minimum atomic E-state index is 1.19. The van der Waals surface area contributed by atoms with Crippen molar-refractivity contribution in [2.45, 2.75) is 78.1 Å². The summed E-state index contributed by atoms with van der Waals surface area (Å²) in [7, 11) is 0. The van der Waals surface area contributed by atoms with Crippen molar-refractivity contribution in [1.29, 1.82) is 0 Å². The molecule has 0 heteroatoms. The van der Waals surface area contributed by atoms with Gasteiger partial charge in [-0.05, 0) is 105 Å². The molecule has 0 heterocycles. The Morgan fingerprint density at radius 1 is 0.342 bits per heavy atom. The predicted octanol–water partition coefficient (Wildman–Crippen LogP) is 11.6. The van der Waals surface area contributed by atoms with Crippen LogP contribution in [-0.2, 0) is 12.8 Å². The number of rotatable bonds is 12. The van der Waals surface area contributed by atoms with Crippen molar-refractivity contribution in [2.75, 3.05) is 0 Å². The fraction of sp³-hybridized carbons (Fsp3) is 0.316. The smallest absolute Gasteiger partial charge is 0.0171 e. The molecule has 0 spiro atoms. The molecule has 0 aliphatic carbocycles. The molecule has 0 aliphatic heterocycles. The van der Waals surface area contributed by atoms with E-state index in [1.54, 1.807) is 0 Å². The summed E-state index contributed by atoms with van der Waals surface area (Å²) in [6.07, 6.45) is 12.9. The molecule has 194 valence electrons. The molecule has 0 aromatic heterocycles. The van der Waals surface area contributed by atoms with Gasteiger partial charge in [-0.15, -0.1) is 0 Å². The Balaban J connectivity index is 1.31. The zero-order chi connectivity index (χ0) is 26.2. The molecular formula is C38H42. The Hall–Kier alpha value is -3.38. The van der Waals surface area contributed by atoms with Crippen molar-refractivity contribution >= 4 is 21.5 Å². The zero-order valence-corrected chi connectivity index (χ0v) is 23.3. The lowest BCUT2D eigenvalue weighted by Crippen LogP contribution is -1.87. The molecule has 0 radical (unpaired) electrons. The van der Waals surface area contributed by atoms with Crippen molar-refractivity contribution in [3.05, 3.63) is 108 Å². The third-order valence-electron chi connectivity index (χ3n) is 8.01. The molecule has 5 aromatic carbocycles. The third kappa shape index (κ3) is 6.54. The van der Waals surface area contributed by atoms with Crippen LogP contribution in [0.1, 0.15) is 76.3 Å². The van der Waals surface area contributed by atoms with Gasteiger partial charge in [-0.2, -0.15) is 0 Å². The van der Waals surface area contributed by atoms with Gasteiger partial charge in [0, 0.05) is 0 Å². The largest absolute Gasteiger partial charge is 0.0654 e. The van der Waals surface area contributed by atoms with Crippen LogP contribution in [0, 0.1) is 0 Å². The van der Waals surface area contributed by atoms with Gasteiger partial charge in [0.25, 0.3) is 0 Å². The standard InChI is InChI=1S/C38H42/c1-3-5-7-9-11-29-13-17-31(18-14-29)33-21-23-35-28-38-26-34(22-24-36(38)27-37(35)25-33)32-19-15-30(16-20-32)12-10-8-6-4-2/h13-28H,3-12H2,1-2H3. The molecule has 0 saturated heterocycles. The SMILES string of the molecule is CCCCCCc1ccc(-c2ccc3cc4cc(-c5ccc(CCCCCC)cc5)ccc4cc3c2)cc1. The molecule has 0 bridgehead atoms. The second-order valence-corrected chi connectivity index (χ2v) is 11.0. The summed E-state index contributed by atoms with van der Waals surface area (Å²) in [5, 5.41) is 5.21. The maximum Gasteiger partial charge on any atom is -0.0171 e. The van der Waals surface area contributed by atoms with Crippen molar-refractivity contribution in [2.24, 2.45) is 0 Å². The summed E-state index contributed by atoms with van der Waals surface area (Å²) in [5.41, 5.74) is 8.09. The molecule has 0 fully saturated rings. The summed E-state index contributed by atoms with van der Waals surface area (Å²) in [6.45, 7) is 4.54. The predicted molar refractivity (Wildman–Crippen MR) is 168 cm³/mol. The summed E-state index contributed by atoms with van der Waals surface area (Å²) >= 11 is 0. The van der Waals surface area contributed by atoms with E-state index in [1.807, 2.05) is 0 Å². The van der Waals surface area contributed by atoms with Crippen LogP contribution in [-0.4, -0.2) is 0 Å². The fourth-order valence-electron chi connectivity index (χ4n) is 5.60. The first-order valence-electron chi connectivity index (χ1n) is 14.9. The number of benzene rings is 5. The first-order valence-corrected chi connectivity index (χ1v) is 14.9. The summed E-state index contributed by atoms with van der Waals surface area (Å²) in [6, 6.07) is 36.9. The number of aryl methyl sites for hydroxylation is 2. The lowest BCUT2D eigenvalue weighted by molar-refractivity contribution is 0.667. The number of unbranched alkanes of at least 4 members (excludes halogenated alkanes) is 6. The van der Waals surface area contributed by atoms with Gasteiger partial charge in [-0.25, -0.2) is 0 Å². The van der Waals surface area contributed by atoms with Crippen molar-refractivity contribution in [1.82, 2.24) is 0 Å². The Bertz CT molecular complexity index is 1340. The van der Waals surface area contributed by atoms with Gasteiger partial charge in [0.15, 0.2) is 0 Å². The van der Waals surface area contributed by atoms with Crippen LogP contribution in [0.5, 0.6) is 0 Å². The van der Waals surface area contributed by atoms with Gasteiger partial charge in [-0.3, -0.25) is 0 Å². The highest BCUT2D eigenvalue weighted by molar-refractivity contribution is 6.01. The number of hydrogen-bond acceptors (Lipinski definition) is 0. The second-order valence-electron chi connectivity index (χ2n) is 11.0. The minimum absolute atomic E-state index is 1.19. The normalized spacial score (nSPS) is 11.4. The Morgan fingerprint density at radius 2 is 0.737 bits per heavy atom. The molecule has 0 amide bonds. The quantitative estimate of drug-likeness (QED) is 0.118.